The van der Waals surface area contributed by atoms with Gasteiger partial charge in [0.15, 0.2) is 12.0 Å². The van der Waals surface area contributed by atoms with E-state index < -0.39 is 54.0 Å². The molecule has 134 valence electrons. The van der Waals surface area contributed by atoms with Gasteiger partial charge in [0, 0.05) is 12.8 Å². The average molecular weight is 348 g/mol. The van der Waals surface area contributed by atoms with Crippen LogP contribution in [0.15, 0.2) is 0 Å². The highest BCUT2D eigenvalue weighted by molar-refractivity contribution is 6.03. The highest BCUT2D eigenvalue weighted by atomic mass is 19.3. The fraction of sp³-hybridized carbons (Fsp3) is 0.800. The molecule has 0 radical (unpaired) electrons. The molecular weight excluding hydrogens is 330 g/mol. The minimum absolute atomic E-state index is 0.166. The molecule has 9 heteroatoms. The molecule has 5 atom stereocenters. The maximum atomic E-state index is 12.6. The van der Waals surface area contributed by atoms with Gasteiger partial charge in [0.2, 0.25) is 0 Å². The molecule has 1 saturated heterocycles. The van der Waals surface area contributed by atoms with Gasteiger partial charge in [-0.1, -0.05) is 0 Å². The van der Waals surface area contributed by atoms with Gasteiger partial charge in [-0.3, -0.25) is 14.4 Å². The van der Waals surface area contributed by atoms with Gasteiger partial charge in [-0.25, -0.2) is 8.78 Å². The molecule has 3 rings (SSSR count). The first-order valence-electron chi connectivity index (χ1n) is 7.75. The summed E-state index contributed by atoms with van der Waals surface area (Å²) in [4.78, 5) is 35.8. The first-order valence-corrected chi connectivity index (χ1v) is 7.75. The SMILES string of the molecule is CC(F)(F)COC(=O)CCOC(=O)C12CC3CC1C(OC2=O)C3O. The Kier molecular flexibility index (Phi) is 4.01. The smallest absolute Gasteiger partial charge is 0.324 e. The second kappa shape index (κ2) is 5.65. The van der Waals surface area contributed by atoms with E-state index in [1.807, 2.05) is 0 Å². The maximum absolute atomic E-state index is 12.6. The molecule has 2 saturated carbocycles. The number of fused-ring (bicyclic) bond motifs is 1. The Morgan fingerprint density at radius 2 is 2.12 bits per heavy atom. The predicted octanol–water partition coefficient (Wildman–Crippen LogP) is 0.431. The van der Waals surface area contributed by atoms with E-state index in [1.54, 1.807) is 0 Å². The molecule has 7 nitrogen and oxygen atoms in total. The quantitative estimate of drug-likeness (QED) is 0.422. The lowest BCUT2D eigenvalue weighted by molar-refractivity contribution is -0.167. The van der Waals surface area contributed by atoms with Crippen molar-refractivity contribution < 1.29 is 42.5 Å². The van der Waals surface area contributed by atoms with Gasteiger partial charge in [0.1, 0.15) is 12.7 Å². The Morgan fingerprint density at radius 3 is 2.75 bits per heavy atom. The second-order valence-corrected chi connectivity index (χ2v) is 6.76. The summed E-state index contributed by atoms with van der Waals surface area (Å²) in [5.74, 6) is -6.13. The number of alkyl halides is 2. The third-order valence-electron chi connectivity index (χ3n) is 4.99. The third-order valence-corrected chi connectivity index (χ3v) is 4.99. The molecule has 0 spiro atoms. The monoisotopic (exact) mass is 348 g/mol. The average Bonchev–Trinajstić information content (AvgIpc) is 3.07. The molecule has 5 unspecified atom stereocenters. The van der Waals surface area contributed by atoms with Crippen LogP contribution in [-0.4, -0.2) is 54.4 Å². The summed E-state index contributed by atoms with van der Waals surface area (Å²) in [6, 6.07) is 0. The molecule has 0 aromatic carbocycles. The molecule has 0 aromatic heterocycles. The number of hydrogen-bond donors (Lipinski definition) is 1. The third kappa shape index (κ3) is 2.64. The number of hydrogen-bond acceptors (Lipinski definition) is 7. The summed E-state index contributed by atoms with van der Waals surface area (Å²) in [5.41, 5.74) is -1.41. The molecule has 0 amide bonds. The van der Waals surface area contributed by atoms with E-state index in [4.69, 9.17) is 9.47 Å². The van der Waals surface area contributed by atoms with Gasteiger partial charge in [-0.15, -0.1) is 0 Å². The topological polar surface area (TPSA) is 99.1 Å². The van der Waals surface area contributed by atoms with Crippen molar-refractivity contribution in [3.05, 3.63) is 0 Å². The van der Waals surface area contributed by atoms with Gasteiger partial charge in [0.25, 0.3) is 5.92 Å². The van der Waals surface area contributed by atoms with E-state index in [9.17, 15) is 28.3 Å². The normalized spacial score (nSPS) is 36.6. The van der Waals surface area contributed by atoms with Crippen LogP contribution in [0.2, 0.25) is 0 Å². The minimum atomic E-state index is -3.13. The molecule has 1 aliphatic heterocycles. The van der Waals surface area contributed by atoms with Crippen molar-refractivity contribution in [3.63, 3.8) is 0 Å². The zero-order valence-corrected chi connectivity index (χ0v) is 13.0. The lowest BCUT2D eigenvalue weighted by Crippen LogP contribution is -2.44. The highest BCUT2D eigenvalue weighted by Crippen LogP contribution is 2.62. The second-order valence-electron chi connectivity index (χ2n) is 6.76. The largest absolute Gasteiger partial charge is 0.464 e. The van der Waals surface area contributed by atoms with Crippen molar-refractivity contribution in [3.8, 4) is 0 Å². The van der Waals surface area contributed by atoms with Gasteiger partial charge < -0.3 is 19.3 Å². The Morgan fingerprint density at radius 1 is 1.42 bits per heavy atom. The zero-order chi connectivity index (χ0) is 17.7. The van der Waals surface area contributed by atoms with Crippen LogP contribution in [0, 0.1) is 17.3 Å². The van der Waals surface area contributed by atoms with Crippen LogP contribution in [-0.2, 0) is 28.6 Å². The Bertz CT molecular complexity index is 573. The molecule has 3 fully saturated rings. The molecule has 24 heavy (non-hydrogen) atoms. The zero-order valence-electron chi connectivity index (χ0n) is 13.0. The van der Waals surface area contributed by atoms with Crippen LogP contribution in [0.3, 0.4) is 0 Å². The number of esters is 3. The van der Waals surface area contributed by atoms with Crippen LogP contribution in [0.25, 0.3) is 0 Å². The molecule has 2 bridgehead atoms. The first kappa shape index (κ1) is 17.1. The summed E-state index contributed by atoms with van der Waals surface area (Å²) in [6.45, 7) is -0.795. The van der Waals surface area contributed by atoms with Crippen LogP contribution in [0.1, 0.15) is 26.2 Å². The standard InChI is InChI=1S/C15H18F2O7/c1-14(16,17)6-23-9(18)2-3-22-12(20)15-5-7-4-8(15)11(10(7)19)24-13(15)21/h7-8,10-11,19H,2-6H2,1H3. The lowest BCUT2D eigenvalue weighted by atomic mass is 9.73. The summed E-state index contributed by atoms with van der Waals surface area (Å²) < 4.78 is 39.6. The molecular formula is C15H18F2O7. The fourth-order valence-corrected chi connectivity index (χ4v) is 3.93. The van der Waals surface area contributed by atoms with Gasteiger partial charge in [-0.2, -0.15) is 0 Å². The summed E-state index contributed by atoms with van der Waals surface area (Å²) >= 11 is 0. The number of halogens is 2. The van der Waals surface area contributed by atoms with Crippen LogP contribution < -0.4 is 0 Å². The van der Waals surface area contributed by atoms with Crippen molar-refractivity contribution in [1.29, 1.82) is 0 Å². The highest BCUT2D eigenvalue weighted by Gasteiger charge is 2.74. The number of carbonyl (C=O) groups excluding carboxylic acids is 3. The van der Waals surface area contributed by atoms with Crippen molar-refractivity contribution in [2.24, 2.45) is 17.3 Å². The summed E-state index contributed by atoms with van der Waals surface area (Å²) in [6.07, 6.45) is -1.14. The number of ether oxygens (including phenoxy) is 3. The van der Waals surface area contributed by atoms with E-state index in [1.165, 1.54) is 0 Å². The van der Waals surface area contributed by atoms with Crippen LogP contribution in [0.4, 0.5) is 8.78 Å². The van der Waals surface area contributed by atoms with Gasteiger partial charge in [0.05, 0.1) is 12.5 Å². The predicted molar refractivity (Wildman–Crippen MR) is 71.7 cm³/mol. The van der Waals surface area contributed by atoms with Crippen molar-refractivity contribution in [1.82, 2.24) is 0 Å². The van der Waals surface area contributed by atoms with Crippen LogP contribution in [0.5, 0.6) is 0 Å². The van der Waals surface area contributed by atoms with E-state index in [-0.39, 0.29) is 25.4 Å². The van der Waals surface area contributed by atoms with Crippen molar-refractivity contribution in [2.75, 3.05) is 13.2 Å². The minimum Gasteiger partial charge on any atom is -0.464 e. The first-order chi connectivity index (χ1) is 11.1. The Balaban J connectivity index is 1.52. The van der Waals surface area contributed by atoms with Crippen molar-refractivity contribution in [2.45, 2.75) is 44.3 Å². The summed E-state index contributed by atoms with van der Waals surface area (Å²) in [5, 5.41) is 9.94. The van der Waals surface area contributed by atoms with E-state index in [0.717, 1.165) is 0 Å². The Hall–Kier alpha value is -1.77. The van der Waals surface area contributed by atoms with Crippen LogP contribution >= 0.6 is 0 Å². The van der Waals surface area contributed by atoms with E-state index >= 15 is 0 Å². The fourth-order valence-electron chi connectivity index (χ4n) is 3.93. The lowest BCUT2D eigenvalue weighted by Gasteiger charge is -2.27. The van der Waals surface area contributed by atoms with E-state index in [0.29, 0.717) is 13.3 Å². The van der Waals surface area contributed by atoms with Crippen molar-refractivity contribution >= 4 is 17.9 Å². The number of carbonyl (C=O) groups is 3. The molecule has 1 N–H and O–H groups in total. The number of rotatable bonds is 6. The Labute approximate surface area is 136 Å². The van der Waals surface area contributed by atoms with E-state index in [2.05, 4.69) is 4.74 Å². The molecule has 1 heterocycles. The number of aliphatic hydroxyl groups excluding tert-OH is 1. The van der Waals surface area contributed by atoms with Gasteiger partial charge >= 0.3 is 17.9 Å². The molecule has 2 aliphatic carbocycles. The number of aliphatic hydroxyl groups is 1. The molecule has 0 aromatic rings. The maximum Gasteiger partial charge on any atom is 0.324 e. The summed E-state index contributed by atoms with van der Waals surface area (Å²) in [7, 11) is 0. The van der Waals surface area contributed by atoms with Gasteiger partial charge in [-0.05, 0) is 18.8 Å². The molecule has 3 aliphatic rings.